The van der Waals surface area contributed by atoms with Crippen molar-refractivity contribution in [2.45, 2.75) is 5.92 Å². The largest absolute Gasteiger partial charge is 0.504 e. The predicted molar refractivity (Wildman–Crippen MR) is 59.1 cm³/mol. The van der Waals surface area contributed by atoms with Crippen LogP contribution in [0.4, 0.5) is 4.39 Å². The van der Waals surface area contributed by atoms with Crippen LogP contribution < -0.4 is 10.5 Å². The number of nitrogens with two attached hydrogens (primary N) is 1. The molecule has 0 aliphatic carbocycles. The van der Waals surface area contributed by atoms with Gasteiger partial charge in [-0.05, 0) is 0 Å². The lowest BCUT2D eigenvalue weighted by Gasteiger charge is -2.16. The number of phenolic OH excluding ortho intramolecular Hbond substituents is 1. The summed E-state index contributed by atoms with van der Waals surface area (Å²) in [4.78, 5) is 10.9. The van der Waals surface area contributed by atoms with E-state index in [2.05, 4.69) is 0 Å². The Balaban J connectivity index is 3.49. The maximum atomic E-state index is 13.4. The van der Waals surface area contributed by atoms with Crippen molar-refractivity contribution in [3.05, 3.63) is 22.5 Å². The van der Waals surface area contributed by atoms with Crippen LogP contribution in [0.1, 0.15) is 11.5 Å². The van der Waals surface area contributed by atoms with E-state index in [-0.39, 0.29) is 17.9 Å². The van der Waals surface area contributed by atoms with E-state index in [1.54, 1.807) is 0 Å². The van der Waals surface area contributed by atoms with E-state index in [1.807, 2.05) is 0 Å². The summed E-state index contributed by atoms with van der Waals surface area (Å²) >= 11 is 5.64. The number of halogens is 2. The third-order valence-corrected chi connectivity index (χ3v) is 2.68. The highest BCUT2D eigenvalue weighted by Crippen LogP contribution is 2.41. The number of aromatic hydroxyl groups is 1. The quantitative estimate of drug-likeness (QED) is 0.762. The van der Waals surface area contributed by atoms with Crippen molar-refractivity contribution in [3.63, 3.8) is 0 Å². The molecule has 17 heavy (non-hydrogen) atoms. The minimum atomic E-state index is -1.31. The number of methoxy groups -OCH3 is 1. The van der Waals surface area contributed by atoms with Gasteiger partial charge in [0, 0.05) is 18.2 Å². The van der Waals surface area contributed by atoms with Crippen molar-refractivity contribution in [2.24, 2.45) is 5.73 Å². The number of hydrogen-bond donors (Lipinski definition) is 3. The number of hydrogen-bond acceptors (Lipinski definition) is 4. The second-order valence-electron chi connectivity index (χ2n) is 3.26. The highest BCUT2D eigenvalue weighted by atomic mass is 35.5. The van der Waals surface area contributed by atoms with Gasteiger partial charge in [-0.15, -0.1) is 0 Å². The average Bonchev–Trinajstić information content (AvgIpc) is 2.28. The van der Waals surface area contributed by atoms with Crippen LogP contribution >= 0.6 is 11.6 Å². The number of benzene rings is 1. The van der Waals surface area contributed by atoms with Crippen LogP contribution in [0, 0.1) is 5.82 Å². The molecule has 1 aromatic rings. The van der Waals surface area contributed by atoms with Crippen LogP contribution in [-0.2, 0) is 4.79 Å². The van der Waals surface area contributed by atoms with Gasteiger partial charge in [0.25, 0.3) is 0 Å². The van der Waals surface area contributed by atoms with Gasteiger partial charge in [-0.2, -0.15) is 0 Å². The van der Waals surface area contributed by atoms with Crippen LogP contribution in [0.5, 0.6) is 11.5 Å². The normalized spacial score (nSPS) is 12.2. The molecule has 5 nitrogen and oxygen atoms in total. The molecule has 0 amide bonds. The molecule has 1 aromatic carbocycles. The fraction of sp³-hybridized carbons (Fsp3) is 0.300. The maximum Gasteiger partial charge on any atom is 0.312 e. The number of phenols is 1. The molecular formula is C10H11ClFNO4. The summed E-state index contributed by atoms with van der Waals surface area (Å²) in [5, 5.41) is 18.2. The van der Waals surface area contributed by atoms with Crippen LogP contribution in [0.3, 0.4) is 0 Å². The summed E-state index contributed by atoms with van der Waals surface area (Å²) in [6.07, 6.45) is 0. The summed E-state index contributed by atoms with van der Waals surface area (Å²) in [5.41, 5.74) is 4.99. The van der Waals surface area contributed by atoms with E-state index >= 15 is 0 Å². The number of carboxylic acid groups (broad SMARTS) is 1. The Bertz CT molecular complexity index is 452. The molecule has 4 N–H and O–H groups in total. The fourth-order valence-corrected chi connectivity index (χ4v) is 1.70. The Morgan fingerprint density at radius 3 is 2.71 bits per heavy atom. The third-order valence-electron chi connectivity index (χ3n) is 2.29. The average molecular weight is 264 g/mol. The maximum absolute atomic E-state index is 13.4. The zero-order valence-corrected chi connectivity index (χ0v) is 9.66. The van der Waals surface area contributed by atoms with E-state index in [0.29, 0.717) is 0 Å². The summed E-state index contributed by atoms with van der Waals surface area (Å²) < 4.78 is 18.1. The second-order valence-corrected chi connectivity index (χ2v) is 3.64. The van der Waals surface area contributed by atoms with Gasteiger partial charge in [0.1, 0.15) is 5.82 Å². The van der Waals surface area contributed by atoms with Gasteiger partial charge in [-0.1, -0.05) is 11.6 Å². The summed E-state index contributed by atoms with van der Waals surface area (Å²) in [5.74, 6) is -4.20. The molecule has 0 heterocycles. The molecule has 0 bridgehead atoms. The number of carboxylic acids is 1. The van der Waals surface area contributed by atoms with E-state index in [0.717, 1.165) is 6.07 Å². The van der Waals surface area contributed by atoms with Gasteiger partial charge >= 0.3 is 5.97 Å². The topological polar surface area (TPSA) is 92.8 Å². The monoisotopic (exact) mass is 263 g/mol. The first-order valence-electron chi connectivity index (χ1n) is 4.61. The minimum Gasteiger partial charge on any atom is -0.504 e. The van der Waals surface area contributed by atoms with Crippen molar-refractivity contribution >= 4 is 17.6 Å². The SMILES string of the molecule is COc1cc(F)c(Cl)c(C(CN)C(=O)O)c1O. The Morgan fingerprint density at radius 1 is 1.71 bits per heavy atom. The zero-order chi connectivity index (χ0) is 13.2. The van der Waals surface area contributed by atoms with Gasteiger partial charge in [0.2, 0.25) is 0 Å². The van der Waals surface area contributed by atoms with Crippen molar-refractivity contribution in [1.29, 1.82) is 0 Å². The lowest BCUT2D eigenvalue weighted by Crippen LogP contribution is -2.22. The molecule has 0 aliphatic heterocycles. The van der Waals surface area contributed by atoms with E-state index in [4.69, 9.17) is 27.2 Å². The fourth-order valence-electron chi connectivity index (χ4n) is 1.43. The van der Waals surface area contributed by atoms with Gasteiger partial charge in [0.05, 0.1) is 18.1 Å². The summed E-state index contributed by atoms with van der Waals surface area (Å²) in [6, 6.07) is 0.872. The highest BCUT2D eigenvalue weighted by molar-refractivity contribution is 6.32. The van der Waals surface area contributed by atoms with Crippen molar-refractivity contribution in [3.8, 4) is 11.5 Å². The molecule has 0 fully saturated rings. The molecule has 0 aliphatic rings. The lowest BCUT2D eigenvalue weighted by atomic mass is 9.97. The van der Waals surface area contributed by atoms with Gasteiger partial charge < -0.3 is 20.7 Å². The molecule has 1 atom stereocenters. The second kappa shape index (κ2) is 5.20. The molecule has 1 unspecified atom stereocenters. The molecule has 94 valence electrons. The molecule has 0 radical (unpaired) electrons. The zero-order valence-electron chi connectivity index (χ0n) is 8.91. The standard InChI is InChI=1S/C10H11ClFNO4/c1-17-6-2-5(12)8(11)7(9(6)14)4(3-13)10(15)16/h2,4,14H,3,13H2,1H3,(H,15,16). The number of ether oxygens (including phenoxy) is 1. The van der Waals surface area contributed by atoms with E-state index in [1.165, 1.54) is 7.11 Å². The lowest BCUT2D eigenvalue weighted by molar-refractivity contribution is -0.138. The number of rotatable bonds is 4. The number of carbonyl (C=O) groups is 1. The molecule has 1 rings (SSSR count). The highest BCUT2D eigenvalue weighted by Gasteiger charge is 2.28. The van der Waals surface area contributed by atoms with Gasteiger partial charge in [0.15, 0.2) is 11.5 Å². The minimum absolute atomic E-state index is 0.193. The predicted octanol–water partition coefficient (Wildman–Crippen LogP) is 1.32. The first-order chi connectivity index (χ1) is 7.93. The third kappa shape index (κ3) is 2.42. The summed E-state index contributed by atoms with van der Waals surface area (Å²) in [6.45, 7) is -0.324. The summed E-state index contributed by atoms with van der Waals surface area (Å²) in [7, 11) is 1.21. The van der Waals surface area contributed by atoms with Crippen LogP contribution in [0.15, 0.2) is 6.07 Å². The van der Waals surface area contributed by atoms with Crippen LogP contribution in [-0.4, -0.2) is 29.8 Å². The first kappa shape index (κ1) is 13.5. The molecular weight excluding hydrogens is 253 g/mol. The van der Waals surface area contributed by atoms with Crippen LogP contribution in [0.2, 0.25) is 5.02 Å². The Morgan fingerprint density at radius 2 is 2.29 bits per heavy atom. The first-order valence-corrected chi connectivity index (χ1v) is 4.99. The molecule has 0 spiro atoms. The Labute approximate surface area is 102 Å². The molecule has 7 heteroatoms. The molecule has 0 saturated heterocycles. The van der Waals surface area contributed by atoms with Gasteiger partial charge in [-0.25, -0.2) is 4.39 Å². The number of aliphatic carboxylic acids is 1. The van der Waals surface area contributed by atoms with E-state index < -0.39 is 28.5 Å². The molecule has 0 aromatic heterocycles. The van der Waals surface area contributed by atoms with Gasteiger partial charge in [-0.3, -0.25) is 4.79 Å². The van der Waals surface area contributed by atoms with Crippen molar-refractivity contribution < 1.29 is 24.1 Å². The van der Waals surface area contributed by atoms with Crippen molar-refractivity contribution in [1.82, 2.24) is 0 Å². The Kier molecular flexibility index (Phi) is 4.14. The van der Waals surface area contributed by atoms with Crippen molar-refractivity contribution in [2.75, 3.05) is 13.7 Å². The Hall–Kier alpha value is -1.53. The molecule has 0 saturated carbocycles. The van der Waals surface area contributed by atoms with E-state index in [9.17, 15) is 14.3 Å². The van der Waals surface area contributed by atoms with Crippen LogP contribution in [0.25, 0.3) is 0 Å². The smallest absolute Gasteiger partial charge is 0.312 e.